The summed E-state index contributed by atoms with van der Waals surface area (Å²) in [6.45, 7) is 2.22. The van der Waals surface area contributed by atoms with Crippen molar-refractivity contribution in [3.05, 3.63) is 33.7 Å². The van der Waals surface area contributed by atoms with Crippen LogP contribution in [-0.2, 0) is 14.8 Å². The van der Waals surface area contributed by atoms with Crippen LogP contribution in [0.2, 0.25) is 0 Å². The zero-order valence-electron chi connectivity index (χ0n) is 13.5. The average Bonchev–Trinajstić information content (AvgIpc) is 3.00. The number of hydrogen-bond acceptors (Lipinski definition) is 6. The number of amides is 1. The molecule has 1 fully saturated rings. The summed E-state index contributed by atoms with van der Waals surface area (Å²) in [5.74, 6) is -0.376. The highest BCUT2D eigenvalue weighted by Gasteiger charge is 2.37. The van der Waals surface area contributed by atoms with Gasteiger partial charge in [0.15, 0.2) is 3.92 Å². The van der Waals surface area contributed by atoms with Crippen LogP contribution in [0.15, 0.2) is 33.1 Å². The fourth-order valence-electron chi connectivity index (χ4n) is 2.74. The number of benzene rings is 1. The molecule has 0 unspecified atom stereocenters. The number of anilines is 1. The molecule has 0 bridgehead atoms. The minimum absolute atomic E-state index is 0.205. The van der Waals surface area contributed by atoms with Crippen molar-refractivity contribution >= 4 is 48.3 Å². The van der Waals surface area contributed by atoms with Crippen LogP contribution in [-0.4, -0.2) is 41.4 Å². The van der Waals surface area contributed by atoms with Gasteiger partial charge < -0.3 is 0 Å². The van der Waals surface area contributed by atoms with E-state index in [1.54, 1.807) is 24.3 Å². The third-order valence-corrected chi connectivity index (χ3v) is 7.21. The van der Waals surface area contributed by atoms with Gasteiger partial charge in [-0.3, -0.25) is 10.1 Å². The Labute approximate surface area is 158 Å². The summed E-state index contributed by atoms with van der Waals surface area (Å²) >= 11 is 4.37. The number of rotatable bonds is 4. The normalized spacial score (nSPS) is 18.9. The molecule has 2 aromatic rings. The summed E-state index contributed by atoms with van der Waals surface area (Å²) in [6, 6.07) is 5.92. The minimum Gasteiger partial charge on any atom is -0.299 e. The van der Waals surface area contributed by atoms with E-state index in [9.17, 15) is 13.2 Å². The molecule has 0 spiro atoms. The molecule has 1 saturated heterocycles. The summed E-state index contributed by atoms with van der Waals surface area (Å²) < 4.78 is 27.8. The molecule has 2 heterocycles. The van der Waals surface area contributed by atoms with Crippen molar-refractivity contribution in [3.8, 4) is 0 Å². The van der Waals surface area contributed by atoms with Gasteiger partial charge in [0, 0.05) is 6.54 Å². The highest BCUT2D eigenvalue weighted by Crippen LogP contribution is 2.27. The van der Waals surface area contributed by atoms with E-state index >= 15 is 0 Å². The molecular formula is C15H17BrN4O3S2. The van der Waals surface area contributed by atoms with Gasteiger partial charge in [-0.25, -0.2) is 8.42 Å². The van der Waals surface area contributed by atoms with Gasteiger partial charge in [-0.05, 0) is 47.8 Å². The van der Waals surface area contributed by atoms with Gasteiger partial charge in [-0.1, -0.05) is 35.5 Å². The fourth-order valence-corrected chi connectivity index (χ4v) is 5.42. The maximum atomic E-state index is 13.0. The quantitative estimate of drug-likeness (QED) is 0.782. The first-order valence-corrected chi connectivity index (χ1v) is 10.8. The molecule has 25 heavy (non-hydrogen) atoms. The third-order valence-electron chi connectivity index (χ3n) is 4.01. The Morgan fingerprint density at radius 1 is 1.28 bits per heavy atom. The van der Waals surface area contributed by atoms with Crippen molar-refractivity contribution in [2.75, 3.05) is 11.9 Å². The van der Waals surface area contributed by atoms with Crippen molar-refractivity contribution < 1.29 is 13.2 Å². The molecule has 1 aliphatic heterocycles. The molecule has 0 saturated carbocycles. The molecule has 10 heteroatoms. The smallest absolute Gasteiger partial charge is 0.244 e. The van der Waals surface area contributed by atoms with Crippen molar-refractivity contribution in [2.45, 2.75) is 37.1 Å². The van der Waals surface area contributed by atoms with Gasteiger partial charge in [0.05, 0.1) is 4.90 Å². The molecule has 1 atom stereocenters. The van der Waals surface area contributed by atoms with E-state index in [0.29, 0.717) is 22.0 Å². The second-order valence-corrected chi connectivity index (χ2v) is 9.93. The summed E-state index contributed by atoms with van der Waals surface area (Å²) in [4.78, 5) is 12.8. The number of nitrogens with one attached hydrogen (secondary N) is 1. The van der Waals surface area contributed by atoms with Crippen molar-refractivity contribution in [1.82, 2.24) is 14.5 Å². The van der Waals surface area contributed by atoms with Gasteiger partial charge in [-0.15, -0.1) is 10.2 Å². The Hall–Kier alpha value is -1.36. The molecule has 1 amide bonds. The Morgan fingerprint density at radius 2 is 2.00 bits per heavy atom. The lowest BCUT2D eigenvalue weighted by molar-refractivity contribution is -0.120. The van der Waals surface area contributed by atoms with E-state index < -0.39 is 16.1 Å². The van der Waals surface area contributed by atoms with Gasteiger partial charge >= 0.3 is 0 Å². The first-order valence-electron chi connectivity index (χ1n) is 7.76. The first kappa shape index (κ1) is 18.4. The second kappa shape index (κ2) is 7.48. The second-order valence-electron chi connectivity index (χ2n) is 5.79. The van der Waals surface area contributed by atoms with Crippen LogP contribution in [0.5, 0.6) is 0 Å². The maximum Gasteiger partial charge on any atom is 0.244 e. The number of nitrogens with zero attached hydrogens (tertiary/aromatic N) is 3. The predicted molar refractivity (Wildman–Crippen MR) is 98.9 cm³/mol. The minimum atomic E-state index is -3.73. The van der Waals surface area contributed by atoms with Gasteiger partial charge in [0.2, 0.25) is 21.1 Å². The molecule has 0 aliphatic carbocycles. The number of hydrogen-bond donors (Lipinski definition) is 1. The van der Waals surface area contributed by atoms with Crippen LogP contribution in [0, 0.1) is 6.92 Å². The summed E-state index contributed by atoms with van der Waals surface area (Å²) in [5.41, 5.74) is 0.980. The summed E-state index contributed by atoms with van der Waals surface area (Å²) in [7, 11) is -3.73. The van der Waals surface area contributed by atoms with Crippen LogP contribution in [0.4, 0.5) is 5.13 Å². The zero-order chi connectivity index (χ0) is 18.0. The third kappa shape index (κ3) is 4.08. The molecule has 1 aliphatic rings. The highest BCUT2D eigenvalue weighted by molar-refractivity contribution is 9.11. The predicted octanol–water partition coefficient (Wildman–Crippen LogP) is 2.79. The van der Waals surface area contributed by atoms with Crippen LogP contribution < -0.4 is 5.32 Å². The zero-order valence-corrected chi connectivity index (χ0v) is 16.7. The van der Waals surface area contributed by atoms with E-state index in [4.69, 9.17) is 0 Å². The lowest BCUT2D eigenvalue weighted by Crippen LogP contribution is -2.49. The topological polar surface area (TPSA) is 92.3 Å². The van der Waals surface area contributed by atoms with Gasteiger partial charge in [0.25, 0.3) is 0 Å². The standard InChI is InChI=1S/C15H17BrN4O3S2/c1-10-5-7-11(8-6-10)25(22,23)20-9-3-2-4-12(20)13(21)17-15-19-18-14(16)24-15/h5-8,12H,2-4,9H2,1H3,(H,17,19,21)/t12-/m1/s1. The summed E-state index contributed by atoms with van der Waals surface area (Å²) in [5, 5.41) is 10.6. The Balaban J connectivity index is 1.84. The Kier molecular flexibility index (Phi) is 5.52. The monoisotopic (exact) mass is 444 g/mol. The molecule has 3 rings (SSSR count). The van der Waals surface area contributed by atoms with E-state index in [-0.39, 0.29) is 10.8 Å². The number of carbonyl (C=O) groups is 1. The maximum absolute atomic E-state index is 13.0. The number of aryl methyl sites for hydroxylation is 1. The molecule has 134 valence electrons. The summed E-state index contributed by atoms with van der Waals surface area (Å²) in [6.07, 6.45) is 2.02. The Morgan fingerprint density at radius 3 is 2.64 bits per heavy atom. The van der Waals surface area contributed by atoms with E-state index in [2.05, 4.69) is 31.4 Å². The molecule has 1 aromatic carbocycles. The first-order chi connectivity index (χ1) is 11.9. The van der Waals surface area contributed by atoms with Crippen LogP contribution in [0.3, 0.4) is 0 Å². The number of halogens is 1. The number of sulfonamides is 1. The molecule has 1 aromatic heterocycles. The lowest BCUT2D eigenvalue weighted by atomic mass is 10.0. The number of piperidine rings is 1. The highest BCUT2D eigenvalue weighted by atomic mass is 79.9. The van der Waals surface area contributed by atoms with Gasteiger partial charge in [-0.2, -0.15) is 4.31 Å². The molecule has 1 N–H and O–H groups in total. The molecule has 0 radical (unpaired) electrons. The Bertz CT molecular complexity index is 867. The van der Waals surface area contributed by atoms with E-state index in [1.165, 1.54) is 15.6 Å². The van der Waals surface area contributed by atoms with Crippen molar-refractivity contribution in [3.63, 3.8) is 0 Å². The fraction of sp³-hybridized carbons (Fsp3) is 0.400. The van der Waals surface area contributed by atoms with Crippen molar-refractivity contribution in [2.24, 2.45) is 0 Å². The average molecular weight is 445 g/mol. The van der Waals surface area contributed by atoms with Crippen LogP contribution in [0.25, 0.3) is 0 Å². The molecular weight excluding hydrogens is 428 g/mol. The van der Waals surface area contributed by atoms with E-state index in [0.717, 1.165) is 18.4 Å². The van der Waals surface area contributed by atoms with E-state index in [1.807, 2.05) is 6.92 Å². The van der Waals surface area contributed by atoms with Crippen LogP contribution >= 0.6 is 27.3 Å². The van der Waals surface area contributed by atoms with Crippen molar-refractivity contribution in [1.29, 1.82) is 0 Å². The largest absolute Gasteiger partial charge is 0.299 e. The lowest BCUT2D eigenvalue weighted by Gasteiger charge is -2.33. The van der Waals surface area contributed by atoms with Crippen LogP contribution in [0.1, 0.15) is 24.8 Å². The SMILES string of the molecule is Cc1ccc(S(=O)(=O)N2CCCC[C@@H]2C(=O)Nc2nnc(Br)s2)cc1. The van der Waals surface area contributed by atoms with Gasteiger partial charge in [0.1, 0.15) is 6.04 Å². The molecule has 7 nitrogen and oxygen atoms in total. The number of carbonyl (C=O) groups excluding carboxylic acids is 1. The number of aromatic nitrogens is 2.